The Hall–Kier alpha value is -3.74. The van der Waals surface area contributed by atoms with E-state index >= 15 is 0 Å². The maximum atomic E-state index is 13.2. The summed E-state index contributed by atoms with van der Waals surface area (Å²) in [7, 11) is 0. The van der Waals surface area contributed by atoms with Gasteiger partial charge >= 0.3 is 0 Å². The van der Waals surface area contributed by atoms with E-state index in [0.29, 0.717) is 35.5 Å². The van der Waals surface area contributed by atoms with Gasteiger partial charge in [0.05, 0.1) is 6.04 Å². The number of nitrogens with one attached hydrogen (secondary N) is 1. The minimum atomic E-state index is -0.307. The number of aromatic nitrogens is 3. The minimum Gasteiger partial charge on any atom is -0.351 e. The fourth-order valence-corrected chi connectivity index (χ4v) is 3.78. The first-order chi connectivity index (χ1) is 14.9. The van der Waals surface area contributed by atoms with E-state index in [4.69, 9.17) is 5.73 Å². The number of carbonyl (C=O) groups is 1. The molecule has 0 aliphatic carbocycles. The Morgan fingerprint density at radius 2 is 1.94 bits per heavy atom. The summed E-state index contributed by atoms with van der Waals surface area (Å²) in [4.78, 5) is 30.9. The number of pyridine rings is 2. The van der Waals surface area contributed by atoms with Crippen molar-refractivity contribution >= 4 is 28.4 Å². The predicted octanol–water partition coefficient (Wildman–Crippen LogP) is 2.58. The lowest BCUT2D eigenvalue weighted by Crippen LogP contribution is -2.44. The lowest BCUT2D eigenvalue weighted by Gasteiger charge is -2.14. The van der Waals surface area contributed by atoms with E-state index in [0.717, 1.165) is 11.1 Å². The van der Waals surface area contributed by atoms with Crippen LogP contribution >= 0.6 is 0 Å². The topological polar surface area (TPSA) is 93.4 Å². The SMILES string of the molecule is Cc1ccc2nc3c(cc(C(=O)NCCc4ccccc4)c(N)[n+]3C(C)C)c(=O)n2c1. The molecular formula is C24H26N5O2+. The summed E-state index contributed by atoms with van der Waals surface area (Å²) in [6.07, 6.45) is 2.46. The number of anilines is 1. The zero-order chi connectivity index (χ0) is 22.1. The lowest BCUT2D eigenvalue weighted by molar-refractivity contribution is -0.679. The zero-order valence-corrected chi connectivity index (χ0v) is 17.9. The van der Waals surface area contributed by atoms with Crippen molar-refractivity contribution in [1.29, 1.82) is 0 Å². The number of fused-ring (bicyclic) bond motifs is 2. The van der Waals surface area contributed by atoms with Gasteiger partial charge in [0.1, 0.15) is 10.9 Å². The van der Waals surface area contributed by atoms with Crippen LogP contribution in [0.15, 0.2) is 59.5 Å². The second kappa shape index (κ2) is 8.18. The van der Waals surface area contributed by atoms with Gasteiger partial charge in [0.25, 0.3) is 17.1 Å². The molecule has 0 unspecified atom stereocenters. The number of rotatable bonds is 5. The number of carbonyl (C=O) groups excluding carboxylic acids is 1. The molecule has 0 spiro atoms. The van der Waals surface area contributed by atoms with Gasteiger partial charge in [0.2, 0.25) is 11.5 Å². The fourth-order valence-electron chi connectivity index (χ4n) is 3.78. The van der Waals surface area contributed by atoms with Crippen molar-refractivity contribution in [1.82, 2.24) is 14.7 Å². The van der Waals surface area contributed by atoms with E-state index < -0.39 is 0 Å². The van der Waals surface area contributed by atoms with E-state index in [2.05, 4.69) is 10.3 Å². The zero-order valence-electron chi connectivity index (χ0n) is 17.9. The molecule has 0 saturated carbocycles. The summed E-state index contributed by atoms with van der Waals surface area (Å²) >= 11 is 0. The van der Waals surface area contributed by atoms with Gasteiger partial charge in [-0.05, 0) is 50.5 Å². The highest BCUT2D eigenvalue weighted by Crippen LogP contribution is 2.17. The second-order valence-electron chi connectivity index (χ2n) is 7.99. The van der Waals surface area contributed by atoms with Gasteiger partial charge in [0, 0.05) is 12.7 Å². The number of nitrogens with zero attached hydrogens (tertiary/aromatic N) is 3. The first-order valence-electron chi connectivity index (χ1n) is 10.4. The quantitative estimate of drug-likeness (QED) is 0.386. The van der Waals surface area contributed by atoms with Crippen LogP contribution in [0.2, 0.25) is 0 Å². The van der Waals surface area contributed by atoms with Gasteiger partial charge in [-0.2, -0.15) is 0 Å². The van der Waals surface area contributed by atoms with Crippen LogP contribution in [-0.4, -0.2) is 21.8 Å². The minimum absolute atomic E-state index is 0.0839. The molecule has 0 bridgehead atoms. The molecule has 0 aliphatic heterocycles. The number of benzene rings is 1. The second-order valence-corrected chi connectivity index (χ2v) is 7.99. The summed E-state index contributed by atoms with van der Waals surface area (Å²) in [5, 5.41) is 3.28. The molecule has 158 valence electrons. The Labute approximate surface area is 180 Å². The van der Waals surface area contributed by atoms with Crippen molar-refractivity contribution in [3.63, 3.8) is 0 Å². The Bertz CT molecular complexity index is 1340. The Morgan fingerprint density at radius 1 is 1.19 bits per heavy atom. The first kappa shape index (κ1) is 20.5. The van der Waals surface area contributed by atoms with Crippen LogP contribution in [0.5, 0.6) is 0 Å². The molecular weight excluding hydrogens is 390 g/mol. The number of nitrogen functional groups attached to an aromatic ring is 1. The molecule has 3 heterocycles. The van der Waals surface area contributed by atoms with Gasteiger partial charge in [-0.15, -0.1) is 0 Å². The summed E-state index contributed by atoms with van der Waals surface area (Å²) in [6.45, 7) is 6.28. The van der Waals surface area contributed by atoms with E-state index in [1.807, 2.05) is 57.2 Å². The fraction of sp³-hybridized carbons (Fsp3) is 0.250. The Balaban J connectivity index is 1.79. The van der Waals surface area contributed by atoms with Crippen molar-refractivity contribution in [2.75, 3.05) is 12.3 Å². The number of nitrogens with two attached hydrogens (primary N) is 1. The van der Waals surface area contributed by atoms with Crippen LogP contribution in [0.1, 0.15) is 41.4 Å². The average molecular weight is 417 g/mol. The van der Waals surface area contributed by atoms with Crippen molar-refractivity contribution in [2.24, 2.45) is 0 Å². The summed E-state index contributed by atoms with van der Waals surface area (Å²) in [5.74, 6) is -0.0125. The van der Waals surface area contributed by atoms with Crippen LogP contribution < -0.4 is 21.2 Å². The van der Waals surface area contributed by atoms with Crippen molar-refractivity contribution in [3.8, 4) is 0 Å². The highest BCUT2D eigenvalue weighted by molar-refractivity contribution is 6.00. The molecule has 4 rings (SSSR count). The third kappa shape index (κ3) is 3.86. The van der Waals surface area contributed by atoms with Crippen LogP contribution in [0.3, 0.4) is 0 Å². The van der Waals surface area contributed by atoms with E-state index in [1.165, 1.54) is 4.40 Å². The Morgan fingerprint density at radius 3 is 2.65 bits per heavy atom. The van der Waals surface area contributed by atoms with Gasteiger partial charge < -0.3 is 11.1 Å². The number of aryl methyl sites for hydroxylation is 1. The molecule has 7 nitrogen and oxygen atoms in total. The van der Waals surface area contributed by atoms with Crippen molar-refractivity contribution in [3.05, 3.63) is 81.8 Å². The molecule has 3 aromatic heterocycles. The molecule has 0 saturated heterocycles. The molecule has 0 atom stereocenters. The van der Waals surface area contributed by atoms with E-state index in [9.17, 15) is 9.59 Å². The van der Waals surface area contributed by atoms with Gasteiger partial charge in [-0.25, -0.2) is 4.57 Å². The van der Waals surface area contributed by atoms with Crippen LogP contribution in [0.4, 0.5) is 5.82 Å². The highest BCUT2D eigenvalue weighted by Gasteiger charge is 2.25. The number of amides is 1. The standard InChI is InChI=1S/C24H25N5O2/c1-15(2)29-21(25)18(23(30)26-12-11-17-7-5-4-6-8-17)13-19-22(29)27-20-10-9-16(3)14-28(20)24(19)31/h4-10,13-15,25H,11-12H2,1-3H3,(H,26,30)/p+1. The summed E-state index contributed by atoms with van der Waals surface area (Å²) in [5.41, 5.74) is 9.55. The van der Waals surface area contributed by atoms with Crippen LogP contribution in [0.25, 0.3) is 16.7 Å². The summed E-state index contributed by atoms with van der Waals surface area (Å²) < 4.78 is 3.26. The molecule has 1 aromatic carbocycles. The lowest BCUT2D eigenvalue weighted by atomic mass is 10.1. The Kier molecular flexibility index (Phi) is 5.42. The number of hydrogen-bond donors (Lipinski definition) is 2. The van der Waals surface area contributed by atoms with Crippen LogP contribution in [-0.2, 0) is 6.42 Å². The average Bonchev–Trinajstić information content (AvgIpc) is 2.74. The molecule has 0 radical (unpaired) electrons. The van der Waals surface area contributed by atoms with Gasteiger partial charge in [-0.3, -0.25) is 14.0 Å². The maximum Gasteiger partial charge on any atom is 0.278 e. The van der Waals surface area contributed by atoms with Gasteiger partial charge in [-0.1, -0.05) is 41.4 Å². The first-order valence-corrected chi connectivity index (χ1v) is 10.4. The molecule has 0 aliphatic rings. The maximum absolute atomic E-state index is 13.2. The molecule has 7 heteroatoms. The van der Waals surface area contributed by atoms with Crippen molar-refractivity contribution in [2.45, 2.75) is 33.2 Å². The largest absolute Gasteiger partial charge is 0.351 e. The van der Waals surface area contributed by atoms with Crippen LogP contribution in [0, 0.1) is 6.92 Å². The normalized spacial score (nSPS) is 11.4. The van der Waals surface area contributed by atoms with Gasteiger partial charge in [0.15, 0.2) is 0 Å². The van der Waals surface area contributed by atoms with Crippen molar-refractivity contribution < 1.29 is 9.36 Å². The summed E-state index contributed by atoms with van der Waals surface area (Å²) in [6, 6.07) is 15.1. The van der Waals surface area contributed by atoms with E-state index in [1.54, 1.807) is 22.9 Å². The molecule has 31 heavy (non-hydrogen) atoms. The smallest absolute Gasteiger partial charge is 0.278 e. The predicted molar refractivity (Wildman–Crippen MR) is 121 cm³/mol. The van der Waals surface area contributed by atoms with E-state index in [-0.39, 0.29) is 23.1 Å². The highest BCUT2D eigenvalue weighted by atomic mass is 16.1. The molecule has 1 amide bonds. The third-order valence-electron chi connectivity index (χ3n) is 5.34. The number of hydrogen-bond acceptors (Lipinski definition) is 4. The molecule has 0 fully saturated rings. The molecule has 4 aromatic rings. The third-order valence-corrected chi connectivity index (χ3v) is 5.34. The molecule has 3 N–H and O–H groups in total. The monoisotopic (exact) mass is 416 g/mol.